The minimum Gasteiger partial charge on any atom is -0.0616 e. The molecule has 6 rings (SSSR count). The summed E-state index contributed by atoms with van der Waals surface area (Å²) in [5.74, 6) is 0. The van der Waals surface area contributed by atoms with E-state index in [-0.39, 0.29) is 0 Å². The van der Waals surface area contributed by atoms with Gasteiger partial charge in [0.25, 0.3) is 0 Å². The van der Waals surface area contributed by atoms with Crippen LogP contribution in [-0.4, -0.2) is 0 Å². The summed E-state index contributed by atoms with van der Waals surface area (Å²) in [6.07, 6.45) is 0. The van der Waals surface area contributed by atoms with E-state index >= 15 is 0 Å². The van der Waals surface area contributed by atoms with Crippen LogP contribution >= 0.6 is 0 Å². The van der Waals surface area contributed by atoms with Gasteiger partial charge in [-0.3, -0.25) is 0 Å². The van der Waals surface area contributed by atoms with Crippen molar-refractivity contribution in [1.82, 2.24) is 0 Å². The summed E-state index contributed by atoms with van der Waals surface area (Å²) < 4.78 is 0. The standard InChI is InChI=1S/C25H16/c1-15-18-7-4-5-9-21(18)23-11-10-17-14-16-6-2-3-8-20(16)22-13-12-19(15)25(23)24(17)22/h2-14H,1H3. The SMILES string of the molecule is Cc1c2ccccc2c2ccc3cc4ccccc4c4ccc1c2c34. The Morgan fingerprint density at radius 2 is 1.08 bits per heavy atom. The third-order valence-electron chi connectivity index (χ3n) is 5.78. The van der Waals surface area contributed by atoms with Gasteiger partial charge in [-0.15, -0.1) is 0 Å². The molecule has 25 heavy (non-hydrogen) atoms. The van der Waals surface area contributed by atoms with Crippen LogP contribution in [-0.2, 0) is 0 Å². The quantitative estimate of drug-likeness (QED) is 0.205. The maximum absolute atomic E-state index is 2.33. The van der Waals surface area contributed by atoms with E-state index in [0.717, 1.165) is 0 Å². The van der Waals surface area contributed by atoms with Crippen LogP contribution < -0.4 is 0 Å². The molecule has 0 aromatic heterocycles. The van der Waals surface area contributed by atoms with Crippen molar-refractivity contribution in [2.24, 2.45) is 0 Å². The molecule has 0 N–H and O–H groups in total. The smallest absolute Gasteiger partial charge is 0.00175 e. The molecule has 0 heterocycles. The molecule has 0 aliphatic rings. The molecule has 0 saturated heterocycles. The molecule has 0 nitrogen and oxygen atoms in total. The number of hydrogen-bond donors (Lipinski definition) is 0. The van der Waals surface area contributed by atoms with E-state index in [9.17, 15) is 0 Å². The largest absolute Gasteiger partial charge is 0.0616 e. The van der Waals surface area contributed by atoms with Gasteiger partial charge in [-0.2, -0.15) is 0 Å². The van der Waals surface area contributed by atoms with Gasteiger partial charge in [0, 0.05) is 0 Å². The molecule has 6 aromatic rings. The minimum atomic E-state index is 1.31. The minimum absolute atomic E-state index is 1.31. The van der Waals surface area contributed by atoms with Crippen LogP contribution in [0.2, 0.25) is 0 Å². The second kappa shape index (κ2) is 4.49. The molecule has 0 saturated carbocycles. The van der Waals surface area contributed by atoms with Crippen molar-refractivity contribution in [2.45, 2.75) is 6.92 Å². The first-order chi connectivity index (χ1) is 12.3. The summed E-state index contributed by atoms with van der Waals surface area (Å²) >= 11 is 0. The highest BCUT2D eigenvalue weighted by molar-refractivity contribution is 6.33. The van der Waals surface area contributed by atoms with Crippen molar-refractivity contribution in [1.29, 1.82) is 0 Å². The van der Waals surface area contributed by atoms with Crippen molar-refractivity contribution >= 4 is 53.9 Å². The Hall–Kier alpha value is -3.12. The van der Waals surface area contributed by atoms with E-state index < -0.39 is 0 Å². The maximum Gasteiger partial charge on any atom is -0.00175 e. The van der Waals surface area contributed by atoms with Gasteiger partial charge in [0.2, 0.25) is 0 Å². The van der Waals surface area contributed by atoms with E-state index in [4.69, 9.17) is 0 Å². The Labute approximate surface area is 145 Å². The Bertz CT molecular complexity index is 1440. The predicted octanol–water partition coefficient (Wildman–Crippen LogP) is 7.20. The molecule has 0 fully saturated rings. The molecule has 116 valence electrons. The van der Waals surface area contributed by atoms with Crippen molar-refractivity contribution in [3.05, 3.63) is 84.4 Å². The topological polar surface area (TPSA) is 0 Å². The second-order valence-corrected chi connectivity index (χ2v) is 7.02. The summed E-state index contributed by atoms with van der Waals surface area (Å²) in [6.45, 7) is 2.26. The van der Waals surface area contributed by atoms with Crippen LogP contribution in [0.4, 0.5) is 0 Å². The highest BCUT2D eigenvalue weighted by atomic mass is 14.2. The van der Waals surface area contributed by atoms with Crippen LogP contribution in [0.5, 0.6) is 0 Å². The zero-order chi connectivity index (χ0) is 16.5. The van der Waals surface area contributed by atoms with Gasteiger partial charge in [-0.1, -0.05) is 72.8 Å². The van der Waals surface area contributed by atoms with Crippen LogP contribution in [0.3, 0.4) is 0 Å². The van der Waals surface area contributed by atoms with Gasteiger partial charge in [0.15, 0.2) is 0 Å². The summed E-state index contributed by atoms with van der Waals surface area (Å²) in [6, 6.07) is 29.1. The lowest BCUT2D eigenvalue weighted by atomic mass is 9.86. The van der Waals surface area contributed by atoms with E-state index in [2.05, 4.69) is 85.8 Å². The lowest BCUT2D eigenvalue weighted by Crippen LogP contribution is -1.90. The van der Waals surface area contributed by atoms with Crippen LogP contribution in [0.15, 0.2) is 78.9 Å². The van der Waals surface area contributed by atoms with E-state index in [1.165, 1.54) is 59.4 Å². The molecule has 0 bridgehead atoms. The first-order valence-corrected chi connectivity index (χ1v) is 8.80. The van der Waals surface area contributed by atoms with Gasteiger partial charge in [0.05, 0.1) is 0 Å². The predicted molar refractivity (Wildman–Crippen MR) is 110 cm³/mol. The Kier molecular flexibility index (Phi) is 2.37. The van der Waals surface area contributed by atoms with Gasteiger partial charge in [0.1, 0.15) is 0 Å². The monoisotopic (exact) mass is 316 g/mol. The lowest BCUT2D eigenvalue weighted by molar-refractivity contribution is 1.60. The molecule has 6 aromatic carbocycles. The van der Waals surface area contributed by atoms with Crippen molar-refractivity contribution in [2.75, 3.05) is 0 Å². The van der Waals surface area contributed by atoms with Crippen molar-refractivity contribution in [3.8, 4) is 0 Å². The van der Waals surface area contributed by atoms with Gasteiger partial charge in [-0.25, -0.2) is 0 Å². The van der Waals surface area contributed by atoms with E-state index in [1.807, 2.05) is 0 Å². The number of benzene rings is 6. The molecular weight excluding hydrogens is 300 g/mol. The highest BCUT2D eigenvalue weighted by Gasteiger charge is 2.14. The van der Waals surface area contributed by atoms with Crippen molar-refractivity contribution in [3.63, 3.8) is 0 Å². The maximum atomic E-state index is 2.33. The number of rotatable bonds is 0. The van der Waals surface area contributed by atoms with Crippen LogP contribution in [0.25, 0.3) is 53.9 Å². The van der Waals surface area contributed by atoms with Gasteiger partial charge in [-0.05, 0) is 72.4 Å². The first-order valence-electron chi connectivity index (χ1n) is 8.80. The Morgan fingerprint density at radius 1 is 0.440 bits per heavy atom. The fourth-order valence-corrected chi connectivity index (χ4v) is 4.63. The highest BCUT2D eigenvalue weighted by Crippen LogP contribution is 2.42. The van der Waals surface area contributed by atoms with E-state index in [1.54, 1.807) is 0 Å². The summed E-state index contributed by atoms with van der Waals surface area (Å²) in [4.78, 5) is 0. The first kappa shape index (κ1) is 13.2. The Morgan fingerprint density at radius 3 is 1.96 bits per heavy atom. The van der Waals surface area contributed by atoms with Gasteiger partial charge >= 0.3 is 0 Å². The lowest BCUT2D eigenvalue weighted by Gasteiger charge is -2.17. The number of fused-ring (bicyclic) bond motifs is 4. The molecule has 0 heteroatoms. The molecule has 0 unspecified atom stereocenters. The summed E-state index contributed by atoms with van der Waals surface area (Å²) in [5.41, 5.74) is 1.38. The fourth-order valence-electron chi connectivity index (χ4n) is 4.63. The zero-order valence-electron chi connectivity index (χ0n) is 14.0. The van der Waals surface area contributed by atoms with Crippen LogP contribution in [0, 0.1) is 6.92 Å². The average Bonchev–Trinajstić information content (AvgIpc) is 2.67. The molecule has 0 spiro atoms. The number of hydrogen-bond acceptors (Lipinski definition) is 0. The van der Waals surface area contributed by atoms with E-state index in [0.29, 0.717) is 0 Å². The summed E-state index contributed by atoms with van der Waals surface area (Å²) in [7, 11) is 0. The second-order valence-electron chi connectivity index (χ2n) is 7.02. The molecule has 0 radical (unpaired) electrons. The van der Waals surface area contributed by atoms with Gasteiger partial charge < -0.3 is 0 Å². The molecular formula is C25H16. The average molecular weight is 316 g/mol. The fraction of sp³-hybridized carbons (Fsp3) is 0.0400. The van der Waals surface area contributed by atoms with Crippen molar-refractivity contribution < 1.29 is 0 Å². The Balaban J connectivity index is 2.02. The molecule has 0 aliphatic heterocycles. The molecule has 0 atom stereocenters. The van der Waals surface area contributed by atoms with Crippen LogP contribution in [0.1, 0.15) is 5.56 Å². The molecule has 0 aliphatic carbocycles. The molecule has 0 amide bonds. The zero-order valence-corrected chi connectivity index (χ0v) is 14.0. The number of aryl methyl sites for hydroxylation is 1. The summed E-state index contributed by atoms with van der Waals surface area (Å²) in [5, 5.41) is 13.6. The normalized spacial score (nSPS) is 12.2. The third kappa shape index (κ3) is 1.57. The third-order valence-corrected chi connectivity index (χ3v) is 5.78.